The Bertz CT molecular complexity index is 641. The SMILES string of the molecule is CCc1ccc2c(c1)nc(CN(CC)CCO)n2CC#N. The number of hydrogen-bond acceptors (Lipinski definition) is 4. The predicted octanol–water partition coefficient (Wildman–Crippen LogP) is 1.94. The Balaban J connectivity index is 2.41. The molecule has 0 spiro atoms. The van der Waals surface area contributed by atoms with Gasteiger partial charge in [-0.25, -0.2) is 4.98 Å². The van der Waals surface area contributed by atoms with Gasteiger partial charge in [0.05, 0.1) is 30.3 Å². The third-order valence-corrected chi connectivity index (χ3v) is 3.76. The van der Waals surface area contributed by atoms with E-state index in [1.165, 1.54) is 5.56 Å². The number of likely N-dealkylation sites (N-methyl/N-ethyl adjacent to an activating group) is 1. The van der Waals surface area contributed by atoms with Crippen LogP contribution >= 0.6 is 0 Å². The van der Waals surface area contributed by atoms with Gasteiger partial charge in [0.15, 0.2) is 0 Å². The number of aromatic nitrogens is 2. The quantitative estimate of drug-likeness (QED) is 0.844. The highest BCUT2D eigenvalue weighted by Crippen LogP contribution is 2.19. The Labute approximate surface area is 125 Å². The van der Waals surface area contributed by atoms with E-state index >= 15 is 0 Å². The maximum Gasteiger partial charge on any atom is 0.125 e. The smallest absolute Gasteiger partial charge is 0.125 e. The summed E-state index contributed by atoms with van der Waals surface area (Å²) in [4.78, 5) is 6.82. The molecule has 0 radical (unpaired) electrons. The van der Waals surface area contributed by atoms with Gasteiger partial charge in [0.2, 0.25) is 0 Å². The second kappa shape index (κ2) is 7.21. The highest BCUT2D eigenvalue weighted by atomic mass is 16.3. The van der Waals surface area contributed by atoms with Crippen LogP contribution in [0.5, 0.6) is 0 Å². The zero-order chi connectivity index (χ0) is 15.2. The van der Waals surface area contributed by atoms with Crippen LogP contribution in [0.3, 0.4) is 0 Å². The van der Waals surface area contributed by atoms with Gasteiger partial charge in [0.1, 0.15) is 12.4 Å². The van der Waals surface area contributed by atoms with Gasteiger partial charge >= 0.3 is 0 Å². The van der Waals surface area contributed by atoms with Crippen LogP contribution in [-0.2, 0) is 19.5 Å². The minimum atomic E-state index is 0.131. The van der Waals surface area contributed by atoms with Crippen LogP contribution in [0.4, 0.5) is 0 Å². The fraction of sp³-hybridized carbons (Fsp3) is 0.500. The van der Waals surface area contributed by atoms with Crippen molar-refractivity contribution in [2.24, 2.45) is 0 Å². The summed E-state index contributed by atoms with van der Waals surface area (Å²) in [6.45, 7) is 6.72. The van der Waals surface area contributed by atoms with E-state index in [1.807, 2.05) is 10.6 Å². The van der Waals surface area contributed by atoms with Crippen LogP contribution in [0.1, 0.15) is 25.2 Å². The molecule has 2 rings (SSSR count). The van der Waals surface area contributed by atoms with Crippen LogP contribution < -0.4 is 0 Å². The van der Waals surface area contributed by atoms with E-state index < -0.39 is 0 Å². The van der Waals surface area contributed by atoms with E-state index in [9.17, 15) is 0 Å². The van der Waals surface area contributed by atoms with Crippen molar-refractivity contribution in [1.29, 1.82) is 5.26 Å². The van der Waals surface area contributed by atoms with Gasteiger partial charge in [-0.05, 0) is 30.7 Å². The van der Waals surface area contributed by atoms with Crippen molar-refractivity contribution in [3.05, 3.63) is 29.6 Å². The molecule has 1 heterocycles. The van der Waals surface area contributed by atoms with Crippen LogP contribution in [0, 0.1) is 11.3 Å². The van der Waals surface area contributed by atoms with Gasteiger partial charge in [-0.1, -0.05) is 19.9 Å². The van der Waals surface area contributed by atoms with E-state index in [0.29, 0.717) is 19.6 Å². The molecule has 112 valence electrons. The van der Waals surface area contributed by atoms with Crippen LogP contribution in [0.15, 0.2) is 18.2 Å². The standard InChI is InChI=1S/C16H22N4O/c1-3-13-5-6-15-14(11-13)18-16(20(15)8-7-17)12-19(4-2)9-10-21/h5-6,11,21H,3-4,8-10,12H2,1-2H3. The minimum absolute atomic E-state index is 0.131. The summed E-state index contributed by atoms with van der Waals surface area (Å²) in [7, 11) is 0. The second-order valence-electron chi connectivity index (χ2n) is 5.04. The number of aliphatic hydroxyl groups is 1. The normalized spacial score (nSPS) is 11.2. The summed E-state index contributed by atoms with van der Waals surface area (Å²) < 4.78 is 1.97. The first-order chi connectivity index (χ1) is 10.2. The lowest BCUT2D eigenvalue weighted by atomic mass is 10.1. The lowest BCUT2D eigenvalue weighted by Gasteiger charge is -2.18. The zero-order valence-corrected chi connectivity index (χ0v) is 12.7. The maximum atomic E-state index is 9.11. The average Bonchev–Trinajstić information content (AvgIpc) is 2.84. The number of benzene rings is 1. The van der Waals surface area contributed by atoms with Gasteiger partial charge in [0.25, 0.3) is 0 Å². The van der Waals surface area contributed by atoms with Crippen molar-refractivity contribution >= 4 is 11.0 Å². The molecule has 0 bridgehead atoms. The van der Waals surface area contributed by atoms with Crippen LogP contribution in [-0.4, -0.2) is 39.3 Å². The number of nitrogens with zero attached hydrogens (tertiary/aromatic N) is 4. The summed E-state index contributed by atoms with van der Waals surface area (Å²) >= 11 is 0. The molecule has 0 aliphatic rings. The number of hydrogen-bond donors (Lipinski definition) is 1. The molecule has 21 heavy (non-hydrogen) atoms. The number of rotatable bonds is 7. The molecule has 2 aromatic rings. The number of imidazole rings is 1. The van der Waals surface area contributed by atoms with Crippen molar-refractivity contribution in [2.75, 3.05) is 19.7 Å². The Morgan fingerprint density at radius 3 is 2.81 bits per heavy atom. The number of aryl methyl sites for hydroxylation is 1. The topological polar surface area (TPSA) is 65.1 Å². The summed E-state index contributed by atoms with van der Waals surface area (Å²) in [5, 5.41) is 18.2. The van der Waals surface area contributed by atoms with E-state index in [-0.39, 0.29) is 6.61 Å². The molecule has 0 unspecified atom stereocenters. The lowest BCUT2D eigenvalue weighted by Crippen LogP contribution is -2.27. The summed E-state index contributed by atoms with van der Waals surface area (Å²) in [5.74, 6) is 0.884. The monoisotopic (exact) mass is 286 g/mol. The molecule has 0 saturated carbocycles. The molecule has 0 amide bonds. The fourth-order valence-corrected chi connectivity index (χ4v) is 2.50. The third kappa shape index (κ3) is 3.41. The molecule has 0 aliphatic heterocycles. The van der Waals surface area contributed by atoms with Gasteiger partial charge in [0, 0.05) is 6.54 Å². The second-order valence-corrected chi connectivity index (χ2v) is 5.04. The van der Waals surface area contributed by atoms with E-state index in [4.69, 9.17) is 15.4 Å². The average molecular weight is 286 g/mol. The Morgan fingerprint density at radius 2 is 2.19 bits per heavy atom. The molecule has 0 fully saturated rings. The minimum Gasteiger partial charge on any atom is -0.395 e. The molecule has 0 aliphatic carbocycles. The van der Waals surface area contributed by atoms with E-state index in [2.05, 4.69) is 36.9 Å². The molecule has 5 heteroatoms. The lowest BCUT2D eigenvalue weighted by molar-refractivity contribution is 0.192. The number of nitriles is 1. The largest absolute Gasteiger partial charge is 0.395 e. The van der Waals surface area contributed by atoms with E-state index in [0.717, 1.165) is 29.8 Å². The molecule has 1 aromatic heterocycles. The third-order valence-electron chi connectivity index (χ3n) is 3.76. The van der Waals surface area contributed by atoms with Gasteiger partial charge in [-0.2, -0.15) is 5.26 Å². The molecule has 5 nitrogen and oxygen atoms in total. The highest BCUT2D eigenvalue weighted by Gasteiger charge is 2.13. The highest BCUT2D eigenvalue weighted by molar-refractivity contribution is 5.77. The van der Waals surface area contributed by atoms with Crippen molar-refractivity contribution in [2.45, 2.75) is 33.4 Å². The molecule has 1 N–H and O–H groups in total. The van der Waals surface area contributed by atoms with Crippen molar-refractivity contribution in [3.8, 4) is 6.07 Å². The molecule has 1 aromatic carbocycles. The summed E-state index contributed by atoms with van der Waals surface area (Å²) in [6.07, 6.45) is 0.974. The molecular weight excluding hydrogens is 264 g/mol. The molecular formula is C16H22N4O. The van der Waals surface area contributed by atoms with Crippen LogP contribution in [0.2, 0.25) is 0 Å². The first-order valence-corrected chi connectivity index (χ1v) is 7.41. The van der Waals surface area contributed by atoms with E-state index in [1.54, 1.807) is 0 Å². The van der Waals surface area contributed by atoms with Gasteiger partial charge in [-0.3, -0.25) is 4.90 Å². The molecule has 0 saturated heterocycles. The summed E-state index contributed by atoms with van der Waals surface area (Å²) in [5.41, 5.74) is 3.20. The summed E-state index contributed by atoms with van der Waals surface area (Å²) in [6, 6.07) is 8.44. The predicted molar refractivity (Wildman–Crippen MR) is 82.8 cm³/mol. The Morgan fingerprint density at radius 1 is 1.38 bits per heavy atom. The molecule has 0 atom stereocenters. The Hall–Kier alpha value is -1.90. The first-order valence-electron chi connectivity index (χ1n) is 7.41. The van der Waals surface area contributed by atoms with Crippen molar-refractivity contribution < 1.29 is 5.11 Å². The Kier molecular flexibility index (Phi) is 5.32. The first kappa shape index (κ1) is 15.5. The van der Waals surface area contributed by atoms with Gasteiger partial charge in [-0.15, -0.1) is 0 Å². The number of aliphatic hydroxyl groups excluding tert-OH is 1. The van der Waals surface area contributed by atoms with Crippen molar-refractivity contribution in [1.82, 2.24) is 14.5 Å². The van der Waals surface area contributed by atoms with Crippen molar-refractivity contribution in [3.63, 3.8) is 0 Å². The zero-order valence-electron chi connectivity index (χ0n) is 12.7. The van der Waals surface area contributed by atoms with Gasteiger partial charge < -0.3 is 9.67 Å². The van der Waals surface area contributed by atoms with Crippen LogP contribution in [0.25, 0.3) is 11.0 Å². The maximum absolute atomic E-state index is 9.11. The number of fused-ring (bicyclic) bond motifs is 1. The fourth-order valence-electron chi connectivity index (χ4n) is 2.50.